The maximum atomic E-state index is 14.1. The van der Waals surface area contributed by atoms with Gasteiger partial charge in [-0.15, -0.1) is 0 Å². The predicted molar refractivity (Wildman–Crippen MR) is 174 cm³/mol. The van der Waals surface area contributed by atoms with Crippen LogP contribution in [0.3, 0.4) is 0 Å². The van der Waals surface area contributed by atoms with E-state index >= 15 is 0 Å². The number of halogens is 3. The number of rotatable bonds is 2. The van der Waals surface area contributed by atoms with Crippen LogP contribution >= 0.6 is 11.6 Å². The number of nitrogens with one attached hydrogen (secondary N) is 2. The van der Waals surface area contributed by atoms with Crippen LogP contribution in [0, 0.1) is 25.5 Å². The second-order valence-corrected chi connectivity index (χ2v) is 11.8. The quantitative estimate of drug-likeness (QED) is 0.208. The molecule has 4 aromatic carbocycles. The maximum Gasteiger partial charge on any atom is 0.268 e. The van der Waals surface area contributed by atoms with Crippen LogP contribution in [0.5, 0.6) is 0 Å². The molecule has 2 aromatic heterocycles. The van der Waals surface area contributed by atoms with Gasteiger partial charge in [0.15, 0.2) is 0 Å². The van der Waals surface area contributed by atoms with Gasteiger partial charge in [-0.3, -0.25) is 9.59 Å². The van der Waals surface area contributed by atoms with E-state index in [9.17, 15) is 18.4 Å². The number of aromatic nitrogens is 2. The molecular weight excluding hydrogens is 594 g/mol. The zero-order valence-electron chi connectivity index (χ0n) is 24.7. The van der Waals surface area contributed by atoms with E-state index in [-0.39, 0.29) is 17.6 Å². The van der Waals surface area contributed by atoms with Gasteiger partial charge in [0.2, 0.25) is 0 Å². The lowest BCUT2D eigenvalue weighted by Crippen LogP contribution is -2.35. The zero-order chi connectivity index (χ0) is 31.4. The third-order valence-electron chi connectivity index (χ3n) is 8.64. The molecule has 4 heterocycles. The minimum absolute atomic E-state index is 0.00455. The number of hydrogen-bond donors (Lipinski definition) is 2. The maximum absolute atomic E-state index is 14.1. The molecule has 9 heteroatoms. The summed E-state index contributed by atoms with van der Waals surface area (Å²) in [7, 11) is 0. The van der Waals surface area contributed by atoms with Gasteiger partial charge < -0.3 is 19.8 Å². The van der Waals surface area contributed by atoms with Gasteiger partial charge in [0, 0.05) is 53.1 Å². The molecule has 0 bridgehead atoms. The Balaban J connectivity index is 0.000000145. The second kappa shape index (κ2) is 11.2. The highest BCUT2D eigenvalue weighted by Gasteiger charge is 2.27. The van der Waals surface area contributed by atoms with Crippen molar-refractivity contribution < 1.29 is 18.4 Å². The number of aryl methyl sites for hydroxylation is 2. The van der Waals surface area contributed by atoms with Gasteiger partial charge in [-0.2, -0.15) is 0 Å². The van der Waals surface area contributed by atoms with E-state index in [1.165, 1.54) is 24.3 Å². The van der Waals surface area contributed by atoms with E-state index in [2.05, 4.69) is 27.3 Å². The Morgan fingerprint density at radius 3 is 1.80 bits per heavy atom. The molecule has 226 valence electrons. The SMILES string of the molecule is Cc1c2n(c3c(-c4cccc(F)c4)cc(F)cc13)CCNC2=O.Cc1c2n(c3c(-c4ccccc4)cc(Cl)cc13)CCNC2=O. The van der Waals surface area contributed by atoms with Crippen LogP contribution in [0.25, 0.3) is 44.1 Å². The third kappa shape index (κ3) is 4.86. The van der Waals surface area contributed by atoms with Crippen LogP contribution in [0.2, 0.25) is 5.02 Å². The molecule has 2 amide bonds. The lowest BCUT2D eigenvalue weighted by Gasteiger charge is -2.18. The van der Waals surface area contributed by atoms with E-state index in [1.807, 2.05) is 48.7 Å². The highest BCUT2D eigenvalue weighted by atomic mass is 35.5. The van der Waals surface area contributed by atoms with E-state index in [0.717, 1.165) is 50.9 Å². The topological polar surface area (TPSA) is 68.1 Å². The van der Waals surface area contributed by atoms with Crippen molar-refractivity contribution in [1.82, 2.24) is 19.8 Å². The Labute approximate surface area is 263 Å². The Kier molecular flexibility index (Phi) is 7.17. The minimum atomic E-state index is -0.400. The van der Waals surface area contributed by atoms with Crippen molar-refractivity contribution in [1.29, 1.82) is 0 Å². The molecule has 2 aliphatic rings. The van der Waals surface area contributed by atoms with Crippen molar-refractivity contribution in [2.24, 2.45) is 0 Å². The van der Waals surface area contributed by atoms with Crippen LogP contribution in [-0.2, 0) is 13.1 Å². The first kappa shape index (κ1) is 28.8. The van der Waals surface area contributed by atoms with E-state index in [4.69, 9.17) is 11.6 Å². The van der Waals surface area contributed by atoms with Crippen molar-refractivity contribution >= 4 is 45.2 Å². The molecule has 0 saturated heterocycles. The van der Waals surface area contributed by atoms with E-state index in [0.29, 0.717) is 46.9 Å². The van der Waals surface area contributed by atoms with Crippen LogP contribution in [0.1, 0.15) is 32.1 Å². The first-order valence-corrected chi connectivity index (χ1v) is 15.1. The largest absolute Gasteiger partial charge is 0.349 e. The molecule has 0 fully saturated rings. The molecule has 2 aliphatic heterocycles. The summed E-state index contributed by atoms with van der Waals surface area (Å²) in [6.07, 6.45) is 0. The number of carbonyl (C=O) groups is 2. The predicted octanol–water partition coefficient (Wildman–Crippen LogP) is 7.65. The average Bonchev–Trinajstić information content (AvgIpc) is 3.49. The van der Waals surface area contributed by atoms with Crippen molar-refractivity contribution in [2.75, 3.05) is 13.1 Å². The number of hydrogen-bond acceptors (Lipinski definition) is 2. The Morgan fingerprint density at radius 1 is 0.644 bits per heavy atom. The fraction of sp³-hybridized carbons (Fsp3) is 0.167. The monoisotopic (exact) mass is 622 g/mol. The van der Waals surface area contributed by atoms with E-state index < -0.39 is 5.82 Å². The van der Waals surface area contributed by atoms with Crippen LogP contribution in [-0.4, -0.2) is 34.0 Å². The van der Waals surface area contributed by atoms with Crippen LogP contribution in [0.15, 0.2) is 78.9 Å². The minimum Gasteiger partial charge on any atom is -0.349 e. The summed E-state index contributed by atoms with van der Waals surface area (Å²) in [5.41, 5.74) is 8.30. The summed E-state index contributed by atoms with van der Waals surface area (Å²) in [5, 5.41) is 8.17. The third-order valence-corrected chi connectivity index (χ3v) is 8.86. The summed E-state index contributed by atoms with van der Waals surface area (Å²) in [6.45, 7) is 6.38. The molecule has 8 rings (SSSR count). The summed E-state index contributed by atoms with van der Waals surface area (Å²) in [6, 6.07) is 23.0. The highest BCUT2D eigenvalue weighted by molar-refractivity contribution is 6.32. The van der Waals surface area contributed by atoms with Crippen molar-refractivity contribution in [2.45, 2.75) is 26.9 Å². The molecule has 0 spiro atoms. The lowest BCUT2D eigenvalue weighted by molar-refractivity contribution is 0.0920. The number of nitrogens with zero attached hydrogens (tertiary/aromatic N) is 2. The Morgan fingerprint density at radius 2 is 1.20 bits per heavy atom. The van der Waals surface area contributed by atoms with Crippen LogP contribution in [0.4, 0.5) is 8.78 Å². The van der Waals surface area contributed by atoms with Gasteiger partial charge in [-0.25, -0.2) is 8.78 Å². The van der Waals surface area contributed by atoms with Crippen molar-refractivity contribution in [3.63, 3.8) is 0 Å². The fourth-order valence-corrected chi connectivity index (χ4v) is 6.93. The molecule has 0 saturated carbocycles. The number of benzene rings is 4. The van der Waals surface area contributed by atoms with Gasteiger partial charge in [0.1, 0.15) is 23.0 Å². The molecule has 6 nitrogen and oxygen atoms in total. The summed E-state index contributed by atoms with van der Waals surface area (Å²) in [4.78, 5) is 24.4. The number of amides is 2. The Bertz CT molecular complexity index is 2170. The number of carbonyl (C=O) groups excluding carboxylic acids is 2. The molecule has 0 unspecified atom stereocenters. The number of fused-ring (bicyclic) bond motifs is 6. The standard InChI is InChI=1S/C18H15ClN2O.C18H14F2N2O/c1-11-14-9-13(19)10-15(12-5-3-2-4-6-12)17(14)21-8-7-20-18(22)16(11)21;1-10-14-8-13(20)9-15(11-3-2-4-12(19)7-11)17(14)22-6-5-21-18(23)16(10)22/h2-6,9-10H,7-8H2,1H3,(H,20,22);2-4,7-9H,5-6H2,1H3,(H,21,23). The van der Waals surface area contributed by atoms with Gasteiger partial charge in [0.25, 0.3) is 11.8 Å². The Hall–Kier alpha value is -4.95. The average molecular weight is 623 g/mol. The summed E-state index contributed by atoms with van der Waals surface area (Å²) >= 11 is 6.34. The smallest absolute Gasteiger partial charge is 0.268 e. The summed E-state index contributed by atoms with van der Waals surface area (Å²) < 4.78 is 31.7. The first-order chi connectivity index (χ1) is 21.7. The molecule has 0 radical (unpaired) electrons. The fourth-order valence-electron chi connectivity index (χ4n) is 6.71. The van der Waals surface area contributed by atoms with Gasteiger partial charge in [0.05, 0.1) is 11.0 Å². The van der Waals surface area contributed by atoms with Gasteiger partial charge in [-0.05, 0) is 72.5 Å². The van der Waals surface area contributed by atoms with Gasteiger partial charge in [-0.1, -0.05) is 54.1 Å². The summed E-state index contributed by atoms with van der Waals surface area (Å²) in [5.74, 6) is -0.936. The van der Waals surface area contributed by atoms with E-state index in [1.54, 1.807) is 12.1 Å². The molecule has 0 aliphatic carbocycles. The van der Waals surface area contributed by atoms with Crippen LogP contribution < -0.4 is 10.6 Å². The molecule has 0 atom stereocenters. The van der Waals surface area contributed by atoms with Gasteiger partial charge >= 0.3 is 0 Å². The molecule has 6 aromatic rings. The molecule has 45 heavy (non-hydrogen) atoms. The first-order valence-electron chi connectivity index (χ1n) is 14.8. The second-order valence-electron chi connectivity index (χ2n) is 11.3. The van der Waals surface area contributed by atoms with Crippen molar-refractivity contribution in [3.8, 4) is 22.3 Å². The van der Waals surface area contributed by atoms with Crippen molar-refractivity contribution in [3.05, 3.63) is 118 Å². The molecule has 2 N–H and O–H groups in total. The zero-order valence-corrected chi connectivity index (χ0v) is 25.4. The highest BCUT2D eigenvalue weighted by Crippen LogP contribution is 2.38. The normalized spacial score (nSPS) is 14.0. The lowest BCUT2D eigenvalue weighted by atomic mass is 10.0. The molecular formula is C36H29ClF2N4O2.